The van der Waals surface area contributed by atoms with Gasteiger partial charge in [0.2, 0.25) is 0 Å². The number of nitro groups is 1. The van der Waals surface area contributed by atoms with E-state index in [4.69, 9.17) is 14.4 Å². The summed E-state index contributed by atoms with van der Waals surface area (Å²) in [5, 5.41) is 20.3. The zero-order chi connectivity index (χ0) is 19.1. The first kappa shape index (κ1) is 21.1. The average Bonchev–Trinajstić information content (AvgIpc) is 2.52. The van der Waals surface area contributed by atoms with Gasteiger partial charge in [0, 0.05) is 12.7 Å². The van der Waals surface area contributed by atoms with Crippen LogP contribution >= 0.6 is 0 Å². The second-order valence-corrected chi connectivity index (χ2v) is 12.3. The third kappa shape index (κ3) is 6.14. The Kier molecular flexibility index (Phi) is 7.58. The second-order valence-electron chi connectivity index (χ2n) is 7.54. The van der Waals surface area contributed by atoms with E-state index >= 15 is 0 Å². The highest BCUT2D eigenvalue weighted by molar-refractivity contribution is 6.74. The van der Waals surface area contributed by atoms with Crippen molar-refractivity contribution in [3.8, 4) is 11.8 Å². The smallest absolute Gasteiger partial charge is 0.290 e. The second kappa shape index (κ2) is 8.97. The number of rotatable bonds is 9. The number of hydrogen-bond acceptors (Lipinski definition) is 5. The van der Waals surface area contributed by atoms with E-state index in [0.29, 0.717) is 6.61 Å². The number of ether oxygens (including phenoxy) is 1. The maximum atomic E-state index is 10.9. The molecule has 1 rings (SSSR count). The Bertz CT molecular complexity index is 633. The molecule has 0 heterocycles. The van der Waals surface area contributed by atoms with E-state index in [-0.39, 0.29) is 22.0 Å². The van der Waals surface area contributed by atoms with Gasteiger partial charge in [-0.2, -0.15) is 5.26 Å². The number of nitro benzene ring substituents is 1. The van der Waals surface area contributed by atoms with Gasteiger partial charge in [-0.25, -0.2) is 0 Å². The van der Waals surface area contributed by atoms with Crippen LogP contribution in [0, 0.1) is 21.4 Å². The number of nitriles is 1. The van der Waals surface area contributed by atoms with Gasteiger partial charge in [-0.3, -0.25) is 10.1 Å². The summed E-state index contributed by atoms with van der Waals surface area (Å²) in [5.74, 6) is 0.272. The fraction of sp³-hybridized carbons (Fsp3) is 0.611. The molecule has 0 amide bonds. The van der Waals surface area contributed by atoms with Gasteiger partial charge in [-0.15, -0.1) is 0 Å². The molecule has 0 saturated heterocycles. The van der Waals surface area contributed by atoms with E-state index < -0.39 is 13.2 Å². The van der Waals surface area contributed by atoms with Crippen molar-refractivity contribution < 1.29 is 14.1 Å². The summed E-state index contributed by atoms with van der Waals surface area (Å²) >= 11 is 0. The molecule has 0 atom stereocenters. The summed E-state index contributed by atoms with van der Waals surface area (Å²) < 4.78 is 11.7. The van der Waals surface area contributed by atoms with Gasteiger partial charge in [-0.1, -0.05) is 26.8 Å². The highest BCUT2D eigenvalue weighted by Crippen LogP contribution is 2.36. The van der Waals surface area contributed by atoms with Crippen molar-refractivity contribution in [1.82, 2.24) is 0 Å². The van der Waals surface area contributed by atoms with Crippen molar-refractivity contribution in [3.63, 3.8) is 0 Å². The molecule has 0 aliphatic heterocycles. The Balaban J connectivity index is 2.37. The van der Waals surface area contributed by atoms with Crippen LogP contribution in [0.25, 0.3) is 0 Å². The molecule has 0 aliphatic rings. The fourth-order valence-electron chi connectivity index (χ4n) is 2.01. The minimum atomic E-state index is -1.69. The molecule has 0 unspecified atom stereocenters. The van der Waals surface area contributed by atoms with E-state index in [9.17, 15) is 10.1 Å². The molecule has 25 heavy (non-hydrogen) atoms. The molecule has 7 heteroatoms. The minimum Gasteiger partial charge on any atom is -0.492 e. The highest BCUT2D eigenvalue weighted by atomic mass is 28.4. The molecule has 6 nitrogen and oxygen atoms in total. The van der Waals surface area contributed by atoms with E-state index in [2.05, 4.69) is 33.9 Å². The summed E-state index contributed by atoms with van der Waals surface area (Å²) in [6.45, 7) is 12.3. The SMILES string of the molecule is CC(C)(C)[Si](C)(C)OCCCCCOc1cccc([N+](=O)[O-])c1C#N. The average molecular weight is 365 g/mol. The van der Waals surface area contributed by atoms with Crippen LogP contribution in [0.3, 0.4) is 0 Å². The van der Waals surface area contributed by atoms with Gasteiger partial charge in [0.15, 0.2) is 13.9 Å². The minimum absolute atomic E-state index is 0.0197. The molecule has 0 bridgehead atoms. The number of hydrogen-bond donors (Lipinski definition) is 0. The van der Waals surface area contributed by atoms with Crippen LogP contribution in [-0.4, -0.2) is 26.5 Å². The predicted octanol–water partition coefficient (Wildman–Crippen LogP) is 5.04. The zero-order valence-corrected chi connectivity index (χ0v) is 16.8. The third-order valence-corrected chi connectivity index (χ3v) is 9.17. The van der Waals surface area contributed by atoms with Gasteiger partial charge in [0.1, 0.15) is 11.8 Å². The monoisotopic (exact) mass is 364 g/mol. The zero-order valence-electron chi connectivity index (χ0n) is 15.8. The molecule has 1 aromatic rings. The summed E-state index contributed by atoms with van der Waals surface area (Å²) in [7, 11) is -1.69. The fourth-order valence-corrected chi connectivity index (χ4v) is 3.10. The van der Waals surface area contributed by atoms with Crippen molar-refractivity contribution in [2.45, 2.75) is 58.2 Å². The van der Waals surface area contributed by atoms with Crippen LogP contribution in [0.4, 0.5) is 5.69 Å². The van der Waals surface area contributed by atoms with Crippen LogP contribution in [0.15, 0.2) is 18.2 Å². The lowest BCUT2D eigenvalue weighted by Crippen LogP contribution is -2.40. The van der Waals surface area contributed by atoms with Gasteiger partial charge in [0.25, 0.3) is 5.69 Å². The maximum Gasteiger partial charge on any atom is 0.290 e. The third-order valence-electron chi connectivity index (χ3n) is 4.63. The van der Waals surface area contributed by atoms with E-state index in [0.717, 1.165) is 25.9 Å². The molecule has 0 aromatic heterocycles. The van der Waals surface area contributed by atoms with Crippen molar-refractivity contribution in [1.29, 1.82) is 5.26 Å². The number of unbranched alkanes of at least 4 members (excludes halogenated alkanes) is 2. The topological polar surface area (TPSA) is 85.4 Å². The van der Waals surface area contributed by atoms with Gasteiger partial charge < -0.3 is 9.16 Å². The van der Waals surface area contributed by atoms with E-state index in [1.165, 1.54) is 12.1 Å². The number of nitrogens with zero attached hydrogens (tertiary/aromatic N) is 2. The molecular formula is C18H28N2O4Si. The Hall–Kier alpha value is -1.91. The molecular weight excluding hydrogens is 336 g/mol. The lowest BCUT2D eigenvalue weighted by Gasteiger charge is -2.36. The standard InChI is InChI=1S/C18H28N2O4Si/c1-18(2,3)25(4,5)24-13-8-6-7-12-23-17-11-9-10-16(20(21)22)15(17)14-19/h9-11H,6-8,12-13H2,1-5H3. The summed E-state index contributed by atoms with van der Waals surface area (Å²) in [6.07, 6.45) is 2.72. The normalized spacial score (nSPS) is 11.8. The highest BCUT2D eigenvalue weighted by Gasteiger charge is 2.36. The van der Waals surface area contributed by atoms with E-state index in [1.807, 2.05) is 6.07 Å². The molecule has 0 saturated carbocycles. The van der Waals surface area contributed by atoms with Crippen molar-refractivity contribution in [3.05, 3.63) is 33.9 Å². The van der Waals surface area contributed by atoms with Crippen molar-refractivity contribution in [2.75, 3.05) is 13.2 Å². The molecule has 0 aliphatic carbocycles. The summed E-state index contributed by atoms with van der Waals surface area (Å²) in [4.78, 5) is 10.4. The Morgan fingerprint density at radius 2 is 1.84 bits per heavy atom. The Morgan fingerprint density at radius 3 is 2.40 bits per heavy atom. The van der Waals surface area contributed by atoms with E-state index in [1.54, 1.807) is 6.07 Å². The molecule has 0 N–H and O–H groups in total. The van der Waals surface area contributed by atoms with Crippen LogP contribution in [-0.2, 0) is 4.43 Å². The van der Waals surface area contributed by atoms with Gasteiger partial charge in [0.05, 0.1) is 11.5 Å². The summed E-state index contributed by atoms with van der Waals surface area (Å²) in [6, 6.07) is 6.28. The lowest BCUT2D eigenvalue weighted by molar-refractivity contribution is -0.385. The van der Waals surface area contributed by atoms with Crippen molar-refractivity contribution in [2.24, 2.45) is 0 Å². The first-order valence-electron chi connectivity index (χ1n) is 8.54. The van der Waals surface area contributed by atoms with Crippen LogP contribution in [0.5, 0.6) is 5.75 Å². The van der Waals surface area contributed by atoms with Crippen molar-refractivity contribution >= 4 is 14.0 Å². The first-order chi connectivity index (χ1) is 11.6. The van der Waals surface area contributed by atoms with Crippen LogP contribution in [0.2, 0.25) is 18.1 Å². The van der Waals surface area contributed by atoms with Gasteiger partial charge in [-0.05, 0) is 43.5 Å². The predicted molar refractivity (Wildman–Crippen MR) is 100 cm³/mol. The Labute approximate surface area is 151 Å². The molecule has 0 spiro atoms. The lowest BCUT2D eigenvalue weighted by atomic mass is 10.2. The first-order valence-corrected chi connectivity index (χ1v) is 11.5. The van der Waals surface area contributed by atoms with Crippen LogP contribution in [0.1, 0.15) is 45.6 Å². The molecule has 0 fully saturated rings. The van der Waals surface area contributed by atoms with Crippen LogP contribution < -0.4 is 4.74 Å². The molecule has 0 radical (unpaired) electrons. The molecule has 138 valence electrons. The molecule has 1 aromatic carbocycles. The maximum absolute atomic E-state index is 10.9. The number of benzene rings is 1. The Morgan fingerprint density at radius 1 is 1.20 bits per heavy atom. The van der Waals surface area contributed by atoms with Gasteiger partial charge >= 0.3 is 0 Å². The largest absolute Gasteiger partial charge is 0.492 e. The summed E-state index contributed by atoms with van der Waals surface area (Å²) in [5.41, 5.74) is -0.239. The quantitative estimate of drug-likeness (QED) is 0.265.